The number of aromatic nitrogens is 1. The molecule has 0 unspecified atom stereocenters. The van der Waals surface area contributed by atoms with Crippen LogP contribution in [0.15, 0.2) is 28.3 Å². The second-order valence-electron chi connectivity index (χ2n) is 18.1. The third-order valence-corrected chi connectivity index (χ3v) is 10.0. The zero-order valence-corrected chi connectivity index (χ0v) is 35.8. The molecule has 0 atom stereocenters. The van der Waals surface area contributed by atoms with E-state index < -0.39 is 0 Å². The van der Waals surface area contributed by atoms with E-state index in [4.69, 9.17) is 16.3 Å². The lowest BCUT2D eigenvalue weighted by atomic mass is 9.90. The van der Waals surface area contributed by atoms with E-state index in [2.05, 4.69) is 68.1 Å². The van der Waals surface area contributed by atoms with Gasteiger partial charge in [0.05, 0.1) is 18.8 Å². The Bertz CT molecular complexity index is 1520. The van der Waals surface area contributed by atoms with E-state index in [1.165, 1.54) is 16.8 Å². The second-order valence-corrected chi connectivity index (χ2v) is 18.5. The Kier molecular flexibility index (Phi) is 18.6. The van der Waals surface area contributed by atoms with Crippen molar-refractivity contribution in [2.24, 2.45) is 16.2 Å². The molecule has 11 heteroatoms. The van der Waals surface area contributed by atoms with Gasteiger partial charge in [-0.05, 0) is 107 Å². The first kappa shape index (κ1) is 47.1. The molecular formula is C43H69ClN4O6. The Morgan fingerprint density at radius 1 is 0.796 bits per heavy atom. The Balaban J connectivity index is 0.000000231. The van der Waals surface area contributed by atoms with Crippen LogP contribution in [0, 0.1) is 16.2 Å². The normalized spacial score (nSPS) is 21.3. The van der Waals surface area contributed by atoms with Crippen LogP contribution < -0.4 is 16.0 Å². The lowest BCUT2D eigenvalue weighted by molar-refractivity contribution is -0.121. The van der Waals surface area contributed by atoms with Crippen LogP contribution in [0.1, 0.15) is 143 Å². The second kappa shape index (κ2) is 21.3. The molecule has 1 aromatic rings. The minimum absolute atomic E-state index is 0.0912. The molecule has 2 fully saturated rings. The molecule has 2 aliphatic heterocycles. The summed E-state index contributed by atoms with van der Waals surface area (Å²) in [5, 5.41) is 9.24. The fraction of sp³-hybridized carbons (Fsp3) is 0.698. The van der Waals surface area contributed by atoms with Gasteiger partial charge in [0.2, 0.25) is 5.91 Å². The summed E-state index contributed by atoms with van der Waals surface area (Å²) in [4.78, 5) is 53.3. The Morgan fingerprint density at radius 2 is 1.44 bits per heavy atom. The van der Waals surface area contributed by atoms with Crippen LogP contribution in [0.25, 0.3) is 0 Å². The number of rotatable bonds is 3. The predicted molar refractivity (Wildman–Crippen MR) is 218 cm³/mol. The van der Waals surface area contributed by atoms with Crippen molar-refractivity contribution in [1.82, 2.24) is 20.5 Å². The van der Waals surface area contributed by atoms with Crippen LogP contribution in [0.5, 0.6) is 0 Å². The molecular weight excluding hydrogens is 704 g/mol. The summed E-state index contributed by atoms with van der Waals surface area (Å²) in [6, 6.07) is 2.08. The first-order chi connectivity index (χ1) is 25.0. The van der Waals surface area contributed by atoms with Gasteiger partial charge in [0.15, 0.2) is 5.78 Å². The zero-order valence-electron chi connectivity index (χ0n) is 35.1. The number of fused-ring (bicyclic) bond motifs is 3. The van der Waals surface area contributed by atoms with E-state index in [0.717, 1.165) is 107 Å². The highest BCUT2D eigenvalue weighted by molar-refractivity contribution is 6.31. The molecule has 10 nitrogen and oxygen atoms in total. The first-order valence-electron chi connectivity index (χ1n) is 19.7. The fourth-order valence-electron chi connectivity index (χ4n) is 7.19. The molecule has 7 rings (SSSR count). The first-order valence-corrected chi connectivity index (χ1v) is 20.1. The van der Waals surface area contributed by atoms with Crippen molar-refractivity contribution in [2.45, 2.75) is 153 Å². The molecule has 3 heterocycles. The van der Waals surface area contributed by atoms with Gasteiger partial charge >= 0.3 is 0 Å². The third-order valence-electron chi connectivity index (χ3n) is 9.64. The number of halogens is 1. The smallest absolute Gasteiger partial charge is 0.267 e. The molecule has 0 aromatic carbocycles. The van der Waals surface area contributed by atoms with Crippen LogP contribution in [0.2, 0.25) is 0 Å². The van der Waals surface area contributed by atoms with Crippen molar-refractivity contribution in [3.05, 3.63) is 45.3 Å². The highest BCUT2D eigenvalue weighted by Gasteiger charge is 2.34. The van der Waals surface area contributed by atoms with Gasteiger partial charge in [0.25, 0.3) is 5.91 Å². The van der Waals surface area contributed by atoms with Crippen LogP contribution >= 0.6 is 11.6 Å². The number of ether oxygens (including phenoxy) is 1. The topological polar surface area (TPSA) is 136 Å². The number of hydrogen-bond acceptors (Lipinski definition) is 7. The maximum absolute atomic E-state index is 11.6. The zero-order chi connectivity index (χ0) is 40.9. The number of hydrogen-bond donors (Lipinski definition) is 3. The molecule has 54 heavy (non-hydrogen) atoms. The lowest BCUT2D eigenvalue weighted by Crippen LogP contribution is -2.44. The number of ketones is 2. The van der Waals surface area contributed by atoms with Crippen molar-refractivity contribution in [2.75, 3.05) is 26.2 Å². The Labute approximate surface area is 330 Å². The van der Waals surface area contributed by atoms with Gasteiger partial charge in [-0.15, -0.1) is 0 Å². The summed E-state index contributed by atoms with van der Waals surface area (Å²) in [5.74, 6) is 0.923. The maximum atomic E-state index is 11.6. The monoisotopic (exact) mass is 772 g/mol. The number of nitrogens with one attached hydrogen (secondary N) is 3. The standard InChI is InChI=1S/C12H16N2O.C8H11ClO.C7H12O.C6H8O.C6H14O.C4H8N2O/c1-12(2)6-8-5-9-11(15)13-3-4-14(9)10(8)7-12;1-8(2)3-6(5-10)7(9)4-8;1-7(2)4-3-6(8)5-7;1-5-2-3-6(7)4-5;1-5(2)7-6(3)4;7-4-3-5-1-2-6-4/h5H,3-4,6-7H2,1-2H3,(H,13,15);5H,3-4H2,1-2H3;3-5H2,1-2H3;4H,2-3H2,1H3;5-6H,1-4H3;5H,1-3H2,(H,6,7). The molecule has 0 bridgehead atoms. The average Bonchev–Trinajstić information content (AvgIpc) is 3.83. The number of carbonyl (C=O) groups excluding carboxylic acids is 5. The minimum atomic E-state index is 0.0912. The van der Waals surface area contributed by atoms with Crippen molar-refractivity contribution >= 4 is 41.3 Å². The third kappa shape index (κ3) is 17.2. The molecule has 1 saturated carbocycles. The summed E-state index contributed by atoms with van der Waals surface area (Å²) in [5.41, 5.74) is 6.54. The van der Waals surface area contributed by atoms with Crippen molar-refractivity contribution in [1.29, 1.82) is 0 Å². The molecule has 6 aliphatic rings. The van der Waals surface area contributed by atoms with Gasteiger partial charge in [-0.2, -0.15) is 0 Å². The summed E-state index contributed by atoms with van der Waals surface area (Å²) in [7, 11) is 0. The van der Waals surface area contributed by atoms with Crippen LogP contribution in [0.3, 0.4) is 0 Å². The number of carbonyl (C=O) groups is 5. The number of piperazine rings is 1. The highest BCUT2D eigenvalue weighted by Crippen LogP contribution is 2.42. The van der Waals surface area contributed by atoms with E-state index in [-0.39, 0.29) is 23.0 Å². The molecule has 0 radical (unpaired) electrons. The Hall–Kier alpha value is -3.08. The number of Topliss-reactive ketones (excluding diaryl/α,β-unsaturated/α-hetero) is 1. The quantitative estimate of drug-likeness (QED) is 0.272. The Morgan fingerprint density at radius 3 is 1.78 bits per heavy atom. The molecule has 1 aromatic heterocycles. The van der Waals surface area contributed by atoms with Gasteiger partial charge in [-0.25, -0.2) is 0 Å². The molecule has 0 spiro atoms. The van der Waals surface area contributed by atoms with Gasteiger partial charge in [0, 0.05) is 61.7 Å². The molecule has 2 amide bonds. The van der Waals surface area contributed by atoms with E-state index in [0.29, 0.717) is 35.4 Å². The van der Waals surface area contributed by atoms with Crippen molar-refractivity contribution in [3.63, 3.8) is 0 Å². The lowest BCUT2D eigenvalue weighted by Gasteiger charge is -2.21. The van der Waals surface area contributed by atoms with E-state index >= 15 is 0 Å². The summed E-state index contributed by atoms with van der Waals surface area (Å²) >= 11 is 5.81. The number of aldehydes is 1. The van der Waals surface area contributed by atoms with Gasteiger partial charge < -0.3 is 25.3 Å². The van der Waals surface area contributed by atoms with Crippen molar-refractivity contribution in [3.8, 4) is 0 Å². The van der Waals surface area contributed by atoms with E-state index in [9.17, 15) is 24.0 Å². The number of allylic oxidation sites excluding steroid dienone is 4. The van der Waals surface area contributed by atoms with E-state index in [1.54, 1.807) is 6.08 Å². The van der Waals surface area contributed by atoms with Gasteiger partial charge in [-0.1, -0.05) is 58.7 Å². The van der Waals surface area contributed by atoms with Crippen LogP contribution in [-0.2, 0) is 43.3 Å². The fourth-order valence-corrected chi connectivity index (χ4v) is 7.67. The highest BCUT2D eigenvalue weighted by atomic mass is 35.5. The van der Waals surface area contributed by atoms with Crippen LogP contribution in [-0.4, -0.2) is 72.6 Å². The van der Waals surface area contributed by atoms with E-state index in [1.807, 2.05) is 34.6 Å². The predicted octanol–water partition coefficient (Wildman–Crippen LogP) is 7.44. The van der Waals surface area contributed by atoms with Gasteiger partial charge in [-0.3, -0.25) is 24.0 Å². The summed E-state index contributed by atoms with van der Waals surface area (Å²) in [6.45, 7) is 27.2. The van der Waals surface area contributed by atoms with Crippen LogP contribution in [0.4, 0.5) is 0 Å². The maximum Gasteiger partial charge on any atom is 0.267 e. The molecule has 3 N–H and O–H groups in total. The minimum Gasteiger partial charge on any atom is -0.376 e. The SMILES string of the molecule is CC(C)OC(C)C.CC1(C)CC(Cl)=C(C=O)C1.CC1(C)CCC(=O)C1.CC1(C)Cc2cc3n(c2C1)CCNC3=O.CC1=CC(=O)CC1.O=C1CNCCN1. The number of nitrogens with zero attached hydrogens (tertiary/aromatic N) is 1. The molecule has 1 saturated heterocycles. The van der Waals surface area contributed by atoms with Crippen molar-refractivity contribution < 1.29 is 28.7 Å². The largest absolute Gasteiger partial charge is 0.376 e. The summed E-state index contributed by atoms with van der Waals surface area (Å²) < 4.78 is 7.46. The van der Waals surface area contributed by atoms with Gasteiger partial charge in [0.1, 0.15) is 17.8 Å². The molecule has 304 valence electrons. The average molecular weight is 773 g/mol. The summed E-state index contributed by atoms with van der Waals surface area (Å²) in [6.07, 6.45) is 11.7. The number of amides is 2. The molecule has 4 aliphatic carbocycles.